The average Bonchev–Trinajstić information content (AvgIpc) is 2.65. The van der Waals surface area contributed by atoms with Crippen molar-refractivity contribution in [2.75, 3.05) is 26.2 Å². The molecule has 2 rings (SSSR count). The molecule has 2 aromatic rings. The molecule has 5 nitrogen and oxygen atoms in total. The largest absolute Gasteiger partial charge is 0.490 e. The smallest absolute Gasteiger partial charge is 0.180 e. The molecule has 0 saturated heterocycles. The second-order valence-electron chi connectivity index (χ2n) is 6.59. The van der Waals surface area contributed by atoms with Crippen LogP contribution in [-0.2, 0) is 13.2 Å². The molecule has 160 valence electrons. The molecule has 0 unspecified atom stereocenters. The number of benzene rings is 2. The van der Waals surface area contributed by atoms with E-state index in [0.29, 0.717) is 46.3 Å². The number of ether oxygens (including phenoxy) is 2. The highest BCUT2D eigenvalue weighted by Crippen LogP contribution is 2.37. The van der Waals surface area contributed by atoms with Gasteiger partial charge in [-0.1, -0.05) is 40.9 Å². The normalized spacial score (nSPS) is 12.1. The first-order valence-electron chi connectivity index (χ1n) is 9.52. The molecule has 0 saturated carbocycles. The van der Waals surface area contributed by atoms with Crippen molar-refractivity contribution in [3.05, 3.63) is 56.5 Å². The molecule has 0 aliphatic carbocycles. The van der Waals surface area contributed by atoms with E-state index in [0.717, 1.165) is 24.2 Å². The molecule has 0 bridgehead atoms. The lowest BCUT2D eigenvalue weighted by atomic mass is 10.2. The van der Waals surface area contributed by atoms with Crippen LogP contribution in [0.15, 0.2) is 30.3 Å². The van der Waals surface area contributed by atoms with Gasteiger partial charge in [-0.3, -0.25) is 0 Å². The molecule has 8 heteroatoms. The van der Waals surface area contributed by atoms with Crippen molar-refractivity contribution in [1.82, 2.24) is 10.6 Å². The van der Waals surface area contributed by atoms with Crippen molar-refractivity contribution in [2.45, 2.75) is 33.1 Å². The van der Waals surface area contributed by atoms with Gasteiger partial charge >= 0.3 is 0 Å². The summed E-state index contributed by atoms with van der Waals surface area (Å²) in [4.78, 5) is 0. The van der Waals surface area contributed by atoms with Crippen LogP contribution in [0.5, 0.6) is 11.5 Å². The summed E-state index contributed by atoms with van der Waals surface area (Å²) < 4.78 is 11.7. The third-order valence-electron chi connectivity index (χ3n) is 4.00. The molecule has 0 fully saturated rings. The number of hydrogen-bond donors (Lipinski definition) is 3. The Bertz CT molecular complexity index is 788. The lowest BCUT2D eigenvalue weighted by Crippen LogP contribution is -2.31. The third kappa shape index (κ3) is 8.21. The highest BCUT2D eigenvalue weighted by Gasteiger charge is 2.14. The van der Waals surface area contributed by atoms with Gasteiger partial charge in [0.1, 0.15) is 6.61 Å². The first kappa shape index (κ1) is 24.1. The summed E-state index contributed by atoms with van der Waals surface area (Å²) >= 11 is 18.6. The van der Waals surface area contributed by atoms with E-state index in [1.54, 1.807) is 19.1 Å². The van der Waals surface area contributed by atoms with Crippen LogP contribution in [0.2, 0.25) is 15.1 Å². The second kappa shape index (κ2) is 12.5. The average molecular weight is 462 g/mol. The molecule has 0 amide bonds. The van der Waals surface area contributed by atoms with Crippen molar-refractivity contribution in [2.24, 2.45) is 0 Å². The van der Waals surface area contributed by atoms with Crippen LogP contribution in [0.3, 0.4) is 0 Å². The molecular weight excluding hydrogens is 435 g/mol. The first-order valence-corrected chi connectivity index (χ1v) is 10.7. The summed E-state index contributed by atoms with van der Waals surface area (Å²) in [6, 6.07) is 9.05. The van der Waals surface area contributed by atoms with Gasteiger partial charge in [-0.15, -0.1) is 0 Å². The molecule has 0 aliphatic rings. The predicted molar refractivity (Wildman–Crippen MR) is 120 cm³/mol. The van der Waals surface area contributed by atoms with Crippen molar-refractivity contribution >= 4 is 34.8 Å². The maximum Gasteiger partial charge on any atom is 0.180 e. The molecule has 2 aromatic carbocycles. The lowest BCUT2D eigenvalue weighted by Gasteiger charge is -2.16. The Labute approximate surface area is 187 Å². The SMILES string of the molecule is CCOc1cc(CNCCNC[C@H](C)O)cc(Cl)c1OCc1ccc(Cl)cc1Cl. The van der Waals surface area contributed by atoms with Crippen LogP contribution >= 0.6 is 34.8 Å². The van der Waals surface area contributed by atoms with Crippen molar-refractivity contribution in [3.8, 4) is 11.5 Å². The maximum absolute atomic E-state index is 9.23. The van der Waals surface area contributed by atoms with Crippen molar-refractivity contribution < 1.29 is 14.6 Å². The summed E-state index contributed by atoms with van der Waals surface area (Å²) in [5.41, 5.74) is 1.80. The summed E-state index contributed by atoms with van der Waals surface area (Å²) in [6.07, 6.45) is -0.349. The fourth-order valence-electron chi connectivity index (χ4n) is 2.64. The zero-order valence-electron chi connectivity index (χ0n) is 16.6. The second-order valence-corrected chi connectivity index (χ2v) is 7.84. The van der Waals surface area contributed by atoms with Gasteiger partial charge in [0.25, 0.3) is 0 Å². The van der Waals surface area contributed by atoms with Gasteiger partial charge in [0, 0.05) is 41.8 Å². The van der Waals surface area contributed by atoms with Crippen LogP contribution < -0.4 is 20.1 Å². The quantitative estimate of drug-likeness (QED) is 0.400. The third-order valence-corrected chi connectivity index (χ3v) is 4.87. The molecule has 1 atom stereocenters. The highest BCUT2D eigenvalue weighted by molar-refractivity contribution is 6.35. The molecule has 29 heavy (non-hydrogen) atoms. The summed E-state index contributed by atoms with van der Waals surface area (Å²) in [5.74, 6) is 1.08. The maximum atomic E-state index is 9.23. The standard InChI is InChI=1S/C21H27Cl3N2O3/c1-3-28-20-9-15(12-26-7-6-25-11-14(2)27)8-19(24)21(20)29-13-16-4-5-17(22)10-18(16)23/h4-5,8-10,14,25-27H,3,6-7,11-13H2,1-2H3/t14-/m0/s1. The number of halogens is 3. The van der Waals surface area contributed by atoms with E-state index in [-0.39, 0.29) is 12.7 Å². The Kier molecular flexibility index (Phi) is 10.4. The molecule has 0 aliphatic heterocycles. The highest BCUT2D eigenvalue weighted by atomic mass is 35.5. The molecule has 3 N–H and O–H groups in total. The minimum Gasteiger partial charge on any atom is -0.490 e. The van der Waals surface area contributed by atoms with E-state index in [1.165, 1.54) is 0 Å². The number of hydrogen-bond acceptors (Lipinski definition) is 5. The summed E-state index contributed by atoms with van der Waals surface area (Å²) in [5, 5.41) is 17.3. The van der Waals surface area contributed by atoms with E-state index in [4.69, 9.17) is 44.3 Å². The Morgan fingerprint density at radius 1 is 1.00 bits per heavy atom. The molecule has 0 radical (unpaired) electrons. The van der Waals surface area contributed by atoms with Crippen LogP contribution in [-0.4, -0.2) is 37.5 Å². The van der Waals surface area contributed by atoms with Gasteiger partial charge in [0.15, 0.2) is 11.5 Å². The van der Waals surface area contributed by atoms with E-state index in [2.05, 4.69) is 10.6 Å². The van der Waals surface area contributed by atoms with Crippen LogP contribution in [0, 0.1) is 0 Å². The Morgan fingerprint density at radius 2 is 1.76 bits per heavy atom. The number of rotatable bonds is 12. The zero-order valence-corrected chi connectivity index (χ0v) is 18.9. The fourth-order valence-corrected chi connectivity index (χ4v) is 3.39. The monoisotopic (exact) mass is 460 g/mol. The van der Waals surface area contributed by atoms with Crippen LogP contribution in [0.25, 0.3) is 0 Å². The molecule has 0 heterocycles. The fraction of sp³-hybridized carbons (Fsp3) is 0.429. The Morgan fingerprint density at radius 3 is 2.45 bits per heavy atom. The zero-order chi connectivity index (χ0) is 21.2. The minimum atomic E-state index is -0.349. The van der Waals surface area contributed by atoms with E-state index >= 15 is 0 Å². The summed E-state index contributed by atoms with van der Waals surface area (Å²) in [7, 11) is 0. The minimum absolute atomic E-state index is 0.252. The van der Waals surface area contributed by atoms with E-state index in [9.17, 15) is 5.11 Å². The van der Waals surface area contributed by atoms with Crippen LogP contribution in [0.4, 0.5) is 0 Å². The summed E-state index contributed by atoms with van der Waals surface area (Å²) in [6.45, 7) is 7.15. The van der Waals surface area contributed by atoms with E-state index < -0.39 is 0 Å². The predicted octanol–water partition coefficient (Wildman–Crippen LogP) is 4.68. The lowest BCUT2D eigenvalue weighted by molar-refractivity contribution is 0.191. The van der Waals surface area contributed by atoms with Gasteiger partial charge in [-0.2, -0.15) is 0 Å². The molecular formula is C21H27Cl3N2O3. The molecule has 0 spiro atoms. The van der Waals surface area contributed by atoms with Gasteiger partial charge in [0.05, 0.1) is 17.7 Å². The number of nitrogens with one attached hydrogen (secondary N) is 2. The van der Waals surface area contributed by atoms with Crippen molar-refractivity contribution in [3.63, 3.8) is 0 Å². The van der Waals surface area contributed by atoms with Crippen molar-refractivity contribution in [1.29, 1.82) is 0 Å². The Hall–Kier alpha value is -1.21. The first-order chi connectivity index (χ1) is 13.9. The topological polar surface area (TPSA) is 62.8 Å². The van der Waals surface area contributed by atoms with Crippen LogP contribution in [0.1, 0.15) is 25.0 Å². The Balaban J connectivity index is 1.99. The van der Waals surface area contributed by atoms with Gasteiger partial charge in [-0.25, -0.2) is 0 Å². The van der Waals surface area contributed by atoms with E-state index in [1.807, 2.05) is 25.1 Å². The van der Waals surface area contributed by atoms with Gasteiger partial charge in [-0.05, 0) is 43.7 Å². The van der Waals surface area contributed by atoms with Gasteiger partial charge < -0.3 is 25.2 Å². The number of aliphatic hydroxyl groups is 1. The number of aliphatic hydroxyl groups excluding tert-OH is 1. The van der Waals surface area contributed by atoms with Gasteiger partial charge in [0.2, 0.25) is 0 Å². The molecule has 0 aromatic heterocycles.